The highest BCUT2D eigenvalue weighted by Crippen LogP contribution is 2.25. The number of anilines is 2. The molecule has 0 bridgehead atoms. The van der Waals surface area contributed by atoms with Crippen LogP contribution < -0.4 is 16.6 Å². The minimum Gasteiger partial charge on any atom is -0.396 e. The Labute approximate surface area is 113 Å². The van der Waals surface area contributed by atoms with E-state index in [1.165, 1.54) is 0 Å². The van der Waals surface area contributed by atoms with Crippen LogP contribution >= 0.6 is 0 Å². The zero-order valence-corrected chi connectivity index (χ0v) is 10.8. The third-order valence-electron chi connectivity index (χ3n) is 3.16. The number of nitrogens with zero attached hydrogens (tertiary/aromatic N) is 2. The number of imidazole rings is 1. The molecule has 0 amide bonds. The Kier molecular flexibility index (Phi) is 2.79. The maximum absolute atomic E-state index is 12.0. The molecule has 0 saturated heterocycles. The number of nitrogen functional groups attached to an aromatic ring is 1. The van der Waals surface area contributed by atoms with Crippen LogP contribution in [-0.2, 0) is 6.42 Å². The Morgan fingerprint density at radius 1 is 1.35 bits per heavy atom. The van der Waals surface area contributed by atoms with Gasteiger partial charge in [0.1, 0.15) is 0 Å². The van der Waals surface area contributed by atoms with Gasteiger partial charge in [0.2, 0.25) is 11.9 Å². The van der Waals surface area contributed by atoms with Crippen molar-refractivity contribution in [2.45, 2.75) is 6.42 Å². The molecule has 20 heavy (non-hydrogen) atoms. The molecule has 0 unspecified atom stereocenters. The molecule has 3 aromatic rings. The molecule has 0 aliphatic carbocycles. The smallest absolute Gasteiger partial charge is 0.260 e. The summed E-state index contributed by atoms with van der Waals surface area (Å²) in [4.78, 5) is 26.1. The van der Waals surface area contributed by atoms with E-state index in [-0.39, 0.29) is 18.1 Å². The Morgan fingerprint density at radius 2 is 2.15 bits per heavy atom. The summed E-state index contributed by atoms with van der Waals surface area (Å²) in [6, 6.07) is 1.69. The number of benzene rings is 1. The van der Waals surface area contributed by atoms with E-state index in [1.807, 2.05) is 0 Å². The molecule has 8 nitrogen and oxygen atoms in total. The Hall–Kier alpha value is -2.61. The maximum atomic E-state index is 12.0. The van der Waals surface area contributed by atoms with Crippen molar-refractivity contribution >= 4 is 33.8 Å². The lowest BCUT2D eigenvalue weighted by Gasteiger charge is -2.05. The molecule has 104 valence electrons. The molecule has 0 aliphatic heterocycles. The first kappa shape index (κ1) is 12.4. The first-order valence-corrected chi connectivity index (χ1v) is 6.13. The second-order valence-corrected chi connectivity index (χ2v) is 4.41. The summed E-state index contributed by atoms with van der Waals surface area (Å²) in [6.07, 6.45) is 0.345. The molecular formula is C12H14N6O2. The molecule has 0 atom stereocenters. The maximum Gasteiger partial charge on any atom is 0.260 e. The quantitative estimate of drug-likeness (QED) is 0.455. The number of aliphatic hydroxyl groups excluding tert-OH is 1. The summed E-state index contributed by atoms with van der Waals surface area (Å²) in [6.45, 7) is -0.0651. The van der Waals surface area contributed by atoms with E-state index in [9.17, 15) is 9.90 Å². The molecule has 8 heteroatoms. The van der Waals surface area contributed by atoms with E-state index in [1.54, 1.807) is 13.1 Å². The van der Waals surface area contributed by atoms with E-state index in [0.717, 1.165) is 0 Å². The fourth-order valence-corrected chi connectivity index (χ4v) is 2.31. The van der Waals surface area contributed by atoms with Gasteiger partial charge in [0.05, 0.1) is 21.9 Å². The highest BCUT2D eigenvalue weighted by atomic mass is 16.3. The molecule has 0 radical (unpaired) electrons. The molecule has 0 aliphatic rings. The van der Waals surface area contributed by atoms with Crippen LogP contribution in [0.15, 0.2) is 10.9 Å². The van der Waals surface area contributed by atoms with Crippen molar-refractivity contribution in [1.29, 1.82) is 0 Å². The van der Waals surface area contributed by atoms with Crippen molar-refractivity contribution in [2.24, 2.45) is 0 Å². The van der Waals surface area contributed by atoms with Gasteiger partial charge in [0.15, 0.2) is 0 Å². The van der Waals surface area contributed by atoms with Crippen LogP contribution in [0.1, 0.15) is 5.56 Å². The van der Waals surface area contributed by atoms with Crippen LogP contribution in [0.5, 0.6) is 0 Å². The van der Waals surface area contributed by atoms with Gasteiger partial charge in [0.25, 0.3) is 5.56 Å². The first-order chi connectivity index (χ1) is 9.63. The Morgan fingerprint density at radius 3 is 2.85 bits per heavy atom. The van der Waals surface area contributed by atoms with Gasteiger partial charge in [-0.3, -0.25) is 9.78 Å². The van der Waals surface area contributed by atoms with Gasteiger partial charge in [0, 0.05) is 19.2 Å². The fraction of sp³-hybridized carbons (Fsp3) is 0.250. The summed E-state index contributed by atoms with van der Waals surface area (Å²) in [5, 5.41) is 12.6. The number of fused-ring (bicyclic) bond motifs is 2. The topological polar surface area (TPSA) is 133 Å². The van der Waals surface area contributed by atoms with Crippen LogP contribution in [0.3, 0.4) is 0 Å². The van der Waals surface area contributed by atoms with E-state index < -0.39 is 0 Å². The summed E-state index contributed by atoms with van der Waals surface area (Å²) in [5.41, 5.74) is 7.85. The van der Waals surface area contributed by atoms with Gasteiger partial charge in [-0.1, -0.05) is 0 Å². The van der Waals surface area contributed by atoms with Crippen molar-refractivity contribution < 1.29 is 5.11 Å². The summed E-state index contributed by atoms with van der Waals surface area (Å²) >= 11 is 0. The number of rotatable bonds is 3. The second kappa shape index (κ2) is 4.49. The van der Waals surface area contributed by atoms with Crippen LogP contribution in [0.4, 0.5) is 11.9 Å². The highest BCUT2D eigenvalue weighted by Gasteiger charge is 2.15. The standard InChI is InChI=1S/C12H14N6O2/c1-14-12-15-7-4-6-8(16-11(13)18-10(6)20)5(2-3-19)9(7)17-12/h4,19H,2-3H2,1H3,(H2,14,15,17)(H3,13,16,18,20). The summed E-state index contributed by atoms with van der Waals surface area (Å²) in [7, 11) is 1.74. The van der Waals surface area contributed by atoms with Gasteiger partial charge in [-0.25, -0.2) is 9.97 Å². The molecule has 2 heterocycles. The largest absolute Gasteiger partial charge is 0.396 e. The number of hydrogen-bond donors (Lipinski definition) is 5. The van der Waals surface area contributed by atoms with Crippen molar-refractivity contribution in [1.82, 2.24) is 19.9 Å². The molecule has 1 aromatic carbocycles. The number of H-pyrrole nitrogens is 2. The van der Waals surface area contributed by atoms with Crippen molar-refractivity contribution in [3.63, 3.8) is 0 Å². The number of nitrogens with two attached hydrogens (primary N) is 1. The molecule has 3 rings (SSSR count). The van der Waals surface area contributed by atoms with Gasteiger partial charge in [-0.15, -0.1) is 0 Å². The molecule has 2 aromatic heterocycles. The predicted molar refractivity (Wildman–Crippen MR) is 76.8 cm³/mol. The third kappa shape index (κ3) is 1.77. The van der Waals surface area contributed by atoms with E-state index in [4.69, 9.17) is 5.73 Å². The van der Waals surface area contributed by atoms with Crippen LogP contribution in [0.25, 0.3) is 21.9 Å². The Balaban J connectivity index is 2.49. The van der Waals surface area contributed by atoms with Crippen LogP contribution in [-0.4, -0.2) is 38.7 Å². The second-order valence-electron chi connectivity index (χ2n) is 4.41. The normalized spacial score (nSPS) is 11.3. The minimum absolute atomic E-state index is 0.0467. The number of aromatic nitrogens is 4. The zero-order chi connectivity index (χ0) is 14.3. The SMILES string of the molecule is CNc1nc2c(CCO)c3nc(N)[nH]c(=O)c3cc2[nH]1. The van der Waals surface area contributed by atoms with Gasteiger partial charge >= 0.3 is 0 Å². The zero-order valence-electron chi connectivity index (χ0n) is 10.8. The molecule has 0 fully saturated rings. The lowest BCUT2D eigenvalue weighted by Crippen LogP contribution is -2.12. The summed E-state index contributed by atoms with van der Waals surface area (Å²) in [5.74, 6) is 0.629. The lowest BCUT2D eigenvalue weighted by atomic mass is 10.1. The van der Waals surface area contributed by atoms with Gasteiger partial charge in [-0.2, -0.15) is 0 Å². The number of nitrogens with one attached hydrogen (secondary N) is 3. The minimum atomic E-state index is -0.311. The van der Waals surface area contributed by atoms with Crippen molar-refractivity contribution in [2.75, 3.05) is 24.7 Å². The van der Waals surface area contributed by atoms with E-state index in [0.29, 0.717) is 39.9 Å². The molecule has 0 spiro atoms. The number of hydrogen-bond acceptors (Lipinski definition) is 6. The van der Waals surface area contributed by atoms with Gasteiger partial charge in [-0.05, 0) is 12.5 Å². The Bertz CT molecular complexity index is 850. The van der Waals surface area contributed by atoms with Crippen LogP contribution in [0, 0.1) is 0 Å². The molecular weight excluding hydrogens is 260 g/mol. The van der Waals surface area contributed by atoms with Crippen molar-refractivity contribution in [3.8, 4) is 0 Å². The van der Waals surface area contributed by atoms with E-state index >= 15 is 0 Å². The average molecular weight is 274 g/mol. The third-order valence-corrected chi connectivity index (χ3v) is 3.16. The summed E-state index contributed by atoms with van der Waals surface area (Å²) < 4.78 is 0. The van der Waals surface area contributed by atoms with Crippen molar-refractivity contribution in [3.05, 3.63) is 22.0 Å². The lowest BCUT2D eigenvalue weighted by molar-refractivity contribution is 0.300. The van der Waals surface area contributed by atoms with Crippen LogP contribution in [0.2, 0.25) is 0 Å². The number of aliphatic hydroxyl groups is 1. The van der Waals surface area contributed by atoms with E-state index in [2.05, 4.69) is 25.3 Å². The molecule has 0 saturated carbocycles. The van der Waals surface area contributed by atoms with Gasteiger partial charge < -0.3 is 21.1 Å². The monoisotopic (exact) mass is 274 g/mol. The first-order valence-electron chi connectivity index (χ1n) is 6.13. The fourth-order valence-electron chi connectivity index (χ4n) is 2.31. The average Bonchev–Trinajstić information content (AvgIpc) is 2.83. The number of aromatic amines is 2. The highest BCUT2D eigenvalue weighted by molar-refractivity contribution is 5.98. The predicted octanol–water partition coefficient (Wildman–Crippen LogP) is -0.0419. The molecule has 6 N–H and O–H groups in total.